The van der Waals surface area contributed by atoms with Crippen molar-refractivity contribution in [2.45, 2.75) is 45.8 Å². The number of halogens is 2. The first-order chi connectivity index (χ1) is 19.8. The minimum absolute atomic E-state index is 0.0503. The van der Waals surface area contributed by atoms with Crippen molar-refractivity contribution in [2.24, 2.45) is 5.92 Å². The smallest absolute Gasteiger partial charge is 0.410 e. The van der Waals surface area contributed by atoms with Crippen molar-refractivity contribution in [2.75, 3.05) is 33.5 Å². The fourth-order valence-corrected chi connectivity index (χ4v) is 4.14. The number of nitrogens with zero attached hydrogens (tertiary/aromatic N) is 5. The Morgan fingerprint density at radius 2 is 1.93 bits per heavy atom. The summed E-state index contributed by atoms with van der Waals surface area (Å²) in [7, 11) is 6.14. The van der Waals surface area contributed by atoms with E-state index in [2.05, 4.69) is 20.3 Å². The Labute approximate surface area is 247 Å². The highest BCUT2D eigenvalue weighted by molar-refractivity contribution is 6.30. The molecule has 0 radical (unpaired) electrons. The van der Waals surface area contributed by atoms with Crippen LogP contribution in [-0.2, 0) is 27.3 Å². The zero-order chi connectivity index (χ0) is 31.1. The van der Waals surface area contributed by atoms with Crippen LogP contribution in [0.4, 0.5) is 14.9 Å². The largest absolute Gasteiger partial charge is 0.436 e. The van der Waals surface area contributed by atoms with E-state index in [1.54, 1.807) is 20.2 Å². The van der Waals surface area contributed by atoms with Crippen LogP contribution in [0.15, 0.2) is 35.4 Å². The van der Waals surface area contributed by atoms with Gasteiger partial charge in [0.05, 0.1) is 29.0 Å². The van der Waals surface area contributed by atoms with Crippen molar-refractivity contribution in [3.63, 3.8) is 0 Å². The molecule has 3 amide bonds. The lowest BCUT2D eigenvalue weighted by Crippen LogP contribution is -2.37. The molecule has 14 heteroatoms. The number of anilines is 1. The summed E-state index contributed by atoms with van der Waals surface area (Å²) in [6, 6.07) is 1.28. The number of carbonyl (C=O) groups is 3. The van der Waals surface area contributed by atoms with Gasteiger partial charge < -0.3 is 29.4 Å². The van der Waals surface area contributed by atoms with Crippen LogP contribution in [0, 0.1) is 11.7 Å². The molecule has 3 heterocycles. The number of H-pyrrole nitrogens is 1. The summed E-state index contributed by atoms with van der Waals surface area (Å²) in [5.74, 6) is -1.01. The molecule has 0 spiro atoms. The second-order valence-corrected chi connectivity index (χ2v) is 11.0. The maximum absolute atomic E-state index is 14.5. The maximum Gasteiger partial charge on any atom is 0.410 e. The second-order valence-electron chi connectivity index (χ2n) is 10.5. The number of imidazole rings is 1. The van der Waals surface area contributed by atoms with Gasteiger partial charge in [-0.3, -0.25) is 19.4 Å². The van der Waals surface area contributed by atoms with E-state index >= 15 is 0 Å². The van der Waals surface area contributed by atoms with Crippen LogP contribution in [0.2, 0.25) is 5.02 Å². The van der Waals surface area contributed by atoms with Gasteiger partial charge in [0.15, 0.2) is 11.9 Å². The molecule has 0 fully saturated rings. The standard InChI is InChI=1S/C28H35ClFN7O5/c1-16(2)11-19-25-24(18(30)13-31-19)33-22(34-25)15-37-14-17(29)12-20(27(37)40)32-26(39)21(42-28(41)36(5)6)9-7-8-10-23(38)35(3)4/h8,10,12-14,16,21H,7,9,11,15H2,1-6H3,(H,32,39)(H,33,34)/b10-8+. The number of pyridine rings is 2. The van der Waals surface area contributed by atoms with E-state index in [0.29, 0.717) is 23.5 Å². The summed E-state index contributed by atoms with van der Waals surface area (Å²) >= 11 is 6.27. The molecular formula is C28H35ClFN7O5. The molecular weight excluding hydrogens is 569 g/mol. The number of hydrogen-bond acceptors (Lipinski definition) is 7. The van der Waals surface area contributed by atoms with Crippen molar-refractivity contribution in [1.29, 1.82) is 0 Å². The number of fused-ring (bicyclic) bond motifs is 1. The first-order valence-corrected chi connectivity index (χ1v) is 13.6. The molecule has 0 aromatic carbocycles. The molecule has 42 heavy (non-hydrogen) atoms. The lowest BCUT2D eigenvalue weighted by atomic mass is 10.1. The third kappa shape index (κ3) is 8.38. The summed E-state index contributed by atoms with van der Waals surface area (Å²) in [5, 5.41) is 2.64. The topological polar surface area (TPSA) is 143 Å². The van der Waals surface area contributed by atoms with E-state index in [-0.39, 0.29) is 47.4 Å². The molecule has 3 aromatic heterocycles. The number of aromatic nitrogens is 4. The molecule has 0 bridgehead atoms. The van der Waals surface area contributed by atoms with E-state index in [9.17, 15) is 23.6 Å². The van der Waals surface area contributed by atoms with E-state index in [1.807, 2.05) is 13.8 Å². The molecule has 0 aliphatic rings. The predicted octanol–water partition coefficient (Wildman–Crippen LogP) is 3.59. The summed E-state index contributed by atoms with van der Waals surface area (Å²) < 4.78 is 21.0. The Morgan fingerprint density at radius 3 is 2.57 bits per heavy atom. The number of allylic oxidation sites excluding steroid dienone is 1. The van der Waals surface area contributed by atoms with Gasteiger partial charge in [0.2, 0.25) is 5.91 Å². The Bertz CT molecular complexity index is 1550. The summed E-state index contributed by atoms with van der Waals surface area (Å²) in [5.41, 5.74) is 0.468. The molecule has 2 N–H and O–H groups in total. The fourth-order valence-electron chi connectivity index (χ4n) is 3.91. The molecule has 226 valence electrons. The molecule has 0 aliphatic heterocycles. The quantitative estimate of drug-likeness (QED) is 0.319. The molecule has 3 aromatic rings. The van der Waals surface area contributed by atoms with E-state index in [1.165, 1.54) is 41.9 Å². The van der Waals surface area contributed by atoms with Crippen molar-refractivity contribution in [1.82, 2.24) is 29.3 Å². The van der Waals surface area contributed by atoms with Crippen LogP contribution in [0.5, 0.6) is 0 Å². The number of ether oxygens (including phenoxy) is 1. The first-order valence-electron chi connectivity index (χ1n) is 13.2. The Morgan fingerprint density at radius 1 is 1.21 bits per heavy atom. The third-order valence-electron chi connectivity index (χ3n) is 6.03. The number of amides is 3. The maximum atomic E-state index is 14.5. The van der Waals surface area contributed by atoms with Crippen LogP contribution in [0.3, 0.4) is 0 Å². The van der Waals surface area contributed by atoms with Gasteiger partial charge in [0.25, 0.3) is 11.5 Å². The average molecular weight is 604 g/mol. The van der Waals surface area contributed by atoms with Crippen LogP contribution >= 0.6 is 11.6 Å². The van der Waals surface area contributed by atoms with Gasteiger partial charge in [-0.1, -0.05) is 31.5 Å². The number of aromatic amines is 1. The van der Waals surface area contributed by atoms with E-state index < -0.39 is 29.5 Å². The van der Waals surface area contributed by atoms with Crippen LogP contribution < -0.4 is 10.9 Å². The molecule has 0 aliphatic carbocycles. The molecule has 1 atom stereocenters. The van der Waals surface area contributed by atoms with Crippen molar-refractivity contribution >= 4 is 46.2 Å². The minimum atomic E-state index is -1.27. The van der Waals surface area contributed by atoms with Gasteiger partial charge in [-0.2, -0.15) is 0 Å². The van der Waals surface area contributed by atoms with E-state index in [4.69, 9.17) is 16.3 Å². The van der Waals surface area contributed by atoms with Gasteiger partial charge >= 0.3 is 6.09 Å². The van der Waals surface area contributed by atoms with Gasteiger partial charge in [0.1, 0.15) is 17.0 Å². The Hall–Kier alpha value is -4.26. The molecule has 12 nitrogen and oxygen atoms in total. The Kier molecular flexibility index (Phi) is 10.8. The summed E-state index contributed by atoms with van der Waals surface area (Å²) in [4.78, 5) is 64.6. The summed E-state index contributed by atoms with van der Waals surface area (Å²) in [6.45, 7) is 3.94. The highest BCUT2D eigenvalue weighted by Crippen LogP contribution is 2.21. The number of carbonyl (C=O) groups excluding carboxylic acids is 3. The number of likely N-dealkylation sites (N-methyl/N-ethyl adjacent to an activating group) is 1. The molecule has 0 saturated heterocycles. The van der Waals surface area contributed by atoms with Crippen molar-refractivity contribution in [3.05, 3.63) is 63.3 Å². The second kappa shape index (κ2) is 14.1. The van der Waals surface area contributed by atoms with Crippen molar-refractivity contribution < 1.29 is 23.5 Å². The van der Waals surface area contributed by atoms with Gasteiger partial charge in [-0.05, 0) is 37.3 Å². The minimum Gasteiger partial charge on any atom is -0.436 e. The summed E-state index contributed by atoms with van der Waals surface area (Å²) in [6.07, 6.45) is 4.29. The van der Waals surface area contributed by atoms with Crippen LogP contribution in [0.25, 0.3) is 11.0 Å². The monoisotopic (exact) mass is 603 g/mol. The van der Waals surface area contributed by atoms with Gasteiger partial charge in [-0.15, -0.1) is 0 Å². The zero-order valence-electron chi connectivity index (χ0n) is 24.4. The number of hydrogen-bond donors (Lipinski definition) is 2. The van der Waals surface area contributed by atoms with Gasteiger partial charge in [0, 0.05) is 34.4 Å². The van der Waals surface area contributed by atoms with Crippen molar-refractivity contribution in [3.8, 4) is 0 Å². The number of rotatable bonds is 11. The fraction of sp³-hybridized carbons (Fsp3) is 0.429. The van der Waals surface area contributed by atoms with Crippen LogP contribution in [0.1, 0.15) is 38.2 Å². The third-order valence-corrected chi connectivity index (χ3v) is 6.24. The lowest BCUT2D eigenvalue weighted by Gasteiger charge is -2.20. The number of nitrogens with one attached hydrogen (secondary N) is 2. The lowest BCUT2D eigenvalue weighted by molar-refractivity contribution is -0.125. The average Bonchev–Trinajstić information content (AvgIpc) is 3.34. The molecule has 0 saturated carbocycles. The van der Waals surface area contributed by atoms with Crippen LogP contribution in [-0.4, -0.2) is 81.5 Å². The molecule has 3 rings (SSSR count). The SMILES string of the molecule is CC(C)Cc1ncc(F)c2nc(Cn3cc(Cl)cc(NC(=O)C(CC/C=C/C(=O)N(C)C)OC(=O)N(C)C)c3=O)[nH]c12. The zero-order valence-corrected chi connectivity index (χ0v) is 25.2. The predicted molar refractivity (Wildman–Crippen MR) is 157 cm³/mol. The normalized spacial score (nSPS) is 12.1. The first kappa shape index (κ1) is 32.3. The van der Waals surface area contributed by atoms with Gasteiger partial charge in [-0.25, -0.2) is 14.2 Å². The Balaban J connectivity index is 1.85. The van der Waals surface area contributed by atoms with E-state index in [0.717, 1.165) is 11.1 Å². The highest BCUT2D eigenvalue weighted by atomic mass is 35.5. The molecule has 1 unspecified atom stereocenters. The highest BCUT2D eigenvalue weighted by Gasteiger charge is 2.25.